The summed E-state index contributed by atoms with van der Waals surface area (Å²) in [4.78, 5) is 12.3. The fourth-order valence-electron chi connectivity index (χ4n) is 2.77. The van der Waals surface area contributed by atoms with Gasteiger partial charge in [-0.15, -0.1) is 0 Å². The molecule has 1 unspecified atom stereocenters. The Kier molecular flexibility index (Phi) is 7.71. The first kappa shape index (κ1) is 20.8. The lowest BCUT2D eigenvalue weighted by atomic mass is 10.0. The number of carbonyl (C=O) groups excluding carboxylic acids is 1. The molecule has 0 aliphatic carbocycles. The maximum absolute atomic E-state index is 12.3. The summed E-state index contributed by atoms with van der Waals surface area (Å²) in [5, 5.41) is 2.87. The van der Waals surface area contributed by atoms with Crippen LogP contribution in [0.15, 0.2) is 42.5 Å². The minimum atomic E-state index is -0.562. The molecule has 1 amide bonds. The summed E-state index contributed by atoms with van der Waals surface area (Å²) in [6, 6.07) is 14.1. The van der Waals surface area contributed by atoms with Crippen LogP contribution in [0.4, 0.5) is 0 Å². The number of benzene rings is 2. The van der Waals surface area contributed by atoms with Crippen LogP contribution >= 0.6 is 0 Å². The molecule has 2 aromatic rings. The highest BCUT2D eigenvalue weighted by Crippen LogP contribution is 2.28. The molecule has 0 saturated carbocycles. The van der Waals surface area contributed by atoms with Gasteiger partial charge in [0, 0.05) is 0 Å². The predicted molar refractivity (Wildman–Crippen MR) is 110 cm³/mol. The SMILES string of the molecule is CCc1ccc(OCCNC(=O)C(C)Oc2cc(C)ccc2C(C)C)cc1. The molecule has 0 radical (unpaired) electrons. The number of rotatable bonds is 9. The van der Waals surface area contributed by atoms with E-state index in [1.54, 1.807) is 6.92 Å². The minimum Gasteiger partial charge on any atom is -0.492 e. The van der Waals surface area contributed by atoms with Crippen molar-refractivity contribution in [2.75, 3.05) is 13.2 Å². The third-order valence-corrected chi connectivity index (χ3v) is 4.47. The number of ether oxygens (including phenoxy) is 2. The molecule has 0 spiro atoms. The van der Waals surface area contributed by atoms with Gasteiger partial charge in [-0.1, -0.05) is 45.0 Å². The van der Waals surface area contributed by atoms with E-state index in [1.807, 2.05) is 25.1 Å². The van der Waals surface area contributed by atoms with Crippen LogP contribution in [-0.4, -0.2) is 25.2 Å². The van der Waals surface area contributed by atoms with E-state index in [-0.39, 0.29) is 5.91 Å². The maximum Gasteiger partial charge on any atom is 0.260 e. The van der Waals surface area contributed by atoms with Gasteiger partial charge in [-0.3, -0.25) is 4.79 Å². The van der Waals surface area contributed by atoms with Gasteiger partial charge in [-0.25, -0.2) is 0 Å². The number of carbonyl (C=O) groups is 1. The Balaban J connectivity index is 1.81. The quantitative estimate of drug-likeness (QED) is 0.655. The molecule has 0 saturated heterocycles. The molecule has 0 aromatic heterocycles. The van der Waals surface area contributed by atoms with E-state index in [0.717, 1.165) is 29.0 Å². The molecule has 2 aromatic carbocycles. The van der Waals surface area contributed by atoms with Gasteiger partial charge in [-0.2, -0.15) is 0 Å². The summed E-state index contributed by atoms with van der Waals surface area (Å²) in [5.74, 6) is 1.78. The van der Waals surface area contributed by atoms with Crippen LogP contribution in [0.3, 0.4) is 0 Å². The Hall–Kier alpha value is -2.49. The van der Waals surface area contributed by atoms with Crippen molar-refractivity contribution in [1.82, 2.24) is 5.32 Å². The van der Waals surface area contributed by atoms with Gasteiger partial charge < -0.3 is 14.8 Å². The Bertz CT molecular complexity index is 738. The predicted octanol–water partition coefficient (Wildman–Crippen LogP) is 4.64. The summed E-state index contributed by atoms with van der Waals surface area (Å²) >= 11 is 0. The fraction of sp³-hybridized carbons (Fsp3) is 0.435. The standard InChI is InChI=1S/C23H31NO3/c1-6-19-8-10-20(11-9-19)26-14-13-24-23(25)18(5)27-22-15-17(4)7-12-21(22)16(2)3/h7-12,15-16,18H,6,13-14H2,1-5H3,(H,24,25). The second kappa shape index (κ2) is 10.0. The second-order valence-electron chi connectivity index (χ2n) is 7.09. The molecule has 0 heterocycles. The Morgan fingerprint density at radius 3 is 2.41 bits per heavy atom. The highest BCUT2D eigenvalue weighted by atomic mass is 16.5. The topological polar surface area (TPSA) is 47.6 Å². The zero-order chi connectivity index (χ0) is 19.8. The largest absolute Gasteiger partial charge is 0.492 e. The Morgan fingerprint density at radius 1 is 1.07 bits per heavy atom. The molecular weight excluding hydrogens is 338 g/mol. The van der Waals surface area contributed by atoms with E-state index in [2.05, 4.69) is 50.4 Å². The van der Waals surface area contributed by atoms with E-state index in [0.29, 0.717) is 19.1 Å². The van der Waals surface area contributed by atoms with E-state index in [4.69, 9.17) is 9.47 Å². The van der Waals surface area contributed by atoms with Crippen LogP contribution in [0, 0.1) is 6.92 Å². The van der Waals surface area contributed by atoms with Crippen molar-refractivity contribution in [2.24, 2.45) is 0 Å². The van der Waals surface area contributed by atoms with Crippen LogP contribution in [0.2, 0.25) is 0 Å². The molecule has 0 aliphatic rings. The highest BCUT2D eigenvalue weighted by Gasteiger charge is 2.17. The van der Waals surface area contributed by atoms with Gasteiger partial charge in [0.1, 0.15) is 18.1 Å². The maximum atomic E-state index is 12.3. The van der Waals surface area contributed by atoms with Crippen LogP contribution in [0.1, 0.15) is 50.3 Å². The van der Waals surface area contributed by atoms with Gasteiger partial charge in [0.2, 0.25) is 0 Å². The lowest BCUT2D eigenvalue weighted by Crippen LogP contribution is -2.38. The number of hydrogen-bond donors (Lipinski definition) is 1. The first-order valence-electron chi connectivity index (χ1n) is 9.67. The van der Waals surface area contributed by atoms with Gasteiger partial charge >= 0.3 is 0 Å². The smallest absolute Gasteiger partial charge is 0.260 e. The molecule has 27 heavy (non-hydrogen) atoms. The van der Waals surface area contributed by atoms with E-state index < -0.39 is 6.10 Å². The lowest BCUT2D eigenvalue weighted by Gasteiger charge is -2.19. The van der Waals surface area contributed by atoms with Crippen molar-refractivity contribution in [1.29, 1.82) is 0 Å². The van der Waals surface area contributed by atoms with Crippen molar-refractivity contribution in [3.63, 3.8) is 0 Å². The highest BCUT2D eigenvalue weighted by molar-refractivity contribution is 5.80. The summed E-state index contributed by atoms with van der Waals surface area (Å²) in [6.45, 7) is 11.0. The van der Waals surface area contributed by atoms with Crippen molar-refractivity contribution in [3.05, 3.63) is 59.2 Å². The summed E-state index contributed by atoms with van der Waals surface area (Å²) in [7, 11) is 0. The normalized spacial score (nSPS) is 11.9. The van der Waals surface area contributed by atoms with Crippen molar-refractivity contribution in [2.45, 2.75) is 53.1 Å². The molecule has 4 heteroatoms. The van der Waals surface area contributed by atoms with Crippen LogP contribution in [0.25, 0.3) is 0 Å². The monoisotopic (exact) mass is 369 g/mol. The molecule has 4 nitrogen and oxygen atoms in total. The zero-order valence-electron chi connectivity index (χ0n) is 17.0. The number of amides is 1. The molecule has 1 atom stereocenters. The van der Waals surface area contributed by atoms with Gasteiger partial charge in [0.05, 0.1) is 6.54 Å². The van der Waals surface area contributed by atoms with Crippen LogP contribution < -0.4 is 14.8 Å². The van der Waals surface area contributed by atoms with E-state index >= 15 is 0 Å². The van der Waals surface area contributed by atoms with Gasteiger partial charge in [0.25, 0.3) is 5.91 Å². The van der Waals surface area contributed by atoms with Gasteiger partial charge in [0.15, 0.2) is 6.10 Å². The Labute approximate surface area is 162 Å². The second-order valence-corrected chi connectivity index (χ2v) is 7.09. The average Bonchev–Trinajstić information content (AvgIpc) is 2.65. The van der Waals surface area contributed by atoms with Gasteiger partial charge in [-0.05, 0) is 61.1 Å². The van der Waals surface area contributed by atoms with E-state index in [1.165, 1.54) is 5.56 Å². The molecule has 1 N–H and O–H groups in total. The third kappa shape index (κ3) is 6.31. The first-order chi connectivity index (χ1) is 12.9. The molecule has 0 bridgehead atoms. The van der Waals surface area contributed by atoms with Crippen molar-refractivity contribution in [3.8, 4) is 11.5 Å². The van der Waals surface area contributed by atoms with Crippen molar-refractivity contribution < 1.29 is 14.3 Å². The Morgan fingerprint density at radius 2 is 1.78 bits per heavy atom. The third-order valence-electron chi connectivity index (χ3n) is 4.47. The average molecular weight is 370 g/mol. The lowest BCUT2D eigenvalue weighted by molar-refractivity contribution is -0.127. The molecule has 0 fully saturated rings. The minimum absolute atomic E-state index is 0.142. The summed E-state index contributed by atoms with van der Waals surface area (Å²) in [5.41, 5.74) is 3.50. The number of aryl methyl sites for hydroxylation is 2. The molecular formula is C23H31NO3. The summed E-state index contributed by atoms with van der Waals surface area (Å²) in [6.07, 6.45) is 0.446. The molecule has 146 valence electrons. The zero-order valence-corrected chi connectivity index (χ0v) is 17.0. The number of nitrogens with one attached hydrogen (secondary N) is 1. The fourth-order valence-corrected chi connectivity index (χ4v) is 2.77. The van der Waals surface area contributed by atoms with E-state index in [9.17, 15) is 4.79 Å². The molecule has 2 rings (SSSR count). The van der Waals surface area contributed by atoms with Crippen LogP contribution in [0.5, 0.6) is 11.5 Å². The summed E-state index contributed by atoms with van der Waals surface area (Å²) < 4.78 is 11.6. The van der Waals surface area contributed by atoms with Crippen molar-refractivity contribution >= 4 is 5.91 Å². The first-order valence-corrected chi connectivity index (χ1v) is 9.67. The number of hydrogen-bond acceptors (Lipinski definition) is 3. The molecule has 0 aliphatic heterocycles. The van der Waals surface area contributed by atoms with Crippen LogP contribution in [-0.2, 0) is 11.2 Å².